The molecule has 6 heteroatoms. The number of tetrazole rings is 1. The van der Waals surface area contributed by atoms with E-state index in [-0.39, 0.29) is 17.6 Å². The van der Waals surface area contributed by atoms with Gasteiger partial charge in [-0.15, -0.1) is 10.2 Å². The SMILES string of the molecule is CCC[C@H](C(C)=O)[C@H](Cc1ccc(-c2ccc3c(c2)CNCC3)cc1)c1nn[nH]n1. The van der Waals surface area contributed by atoms with Crippen molar-refractivity contribution in [2.45, 2.75) is 52.0 Å². The van der Waals surface area contributed by atoms with Crippen LogP contribution in [0.15, 0.2) is 42.5 Å². The van der Waals surface area contributed by atoms with Crippen LogP contribution in [0.1, 0.15) is 55.1 Å². The minimum atomic E-state index is -0.0968. The van der Waals surface area contributed by atoms with Gasteiger partial charge >= 0.3 is 0 Å². The predicted octanol–water partition coefficient (Wildman–Crippen LogP) is 3.84. The van der Waals surface area contributed by atoms with Gasteiger partial charge in [-0.1, -0.05) is 55.0 Å². The van der Waals surface area contributed by atoms with Crippen LogP contribution in [0.25, 0.3) is 11.1 Å². The van der Waals surface area contributed by atoms with Crippen LogP contribution in [-0.2, 0) is 24.2 Å². The van der Waals surface area contributed by atoms with E-state index in [1.807, 2.05) is 0 Å². The molecular formula is C24H29N5O. The topological polar surface area (TPSA) is 83.6 Å². The Morgan fingerprint density at radius 1 is 1.10 bits per heavy atom. The molecule has 2 atom stereocenters. The van der Waals surface area contributed by atoms with Gasteiger partial charge in [-0.25, -0.2) is 0 Å². The second-order valence-corrected chi connectivity index (χ2v) is 8.19. The van der Waals surface area contributed by atoms with Crippen molar-refractivity contribution >= 4 is 5.78 Å². The van der Waals surface area contributed by atoms with Crippen molar-refractivity contribution in [3.05, 3.63) is 65.0 Å². The van der Waals surface area contributed by atoms with Gasteiger partial charge < -0.3 is 5.32 Å². The highest BCUT2D eigenvalue weighted by molar-refractivity contribution is 5.79. The van der Waals surface area contributed by atoms with E-state index in [2.05, 4.69) is 75.3 Å². The molecule has 0 aliphatic carbocycles. The number of H-pyrrole nitrogens is 1. The first-order chi connectivity index (χ1) is 14.7. The molecule has 1 aromatic heterocycles. The van der Waals surface area contributed by atoms with Crippen LogP contribution in [-0.4, -0.2) is 33.0 Å². The van der Waals surface area contributed by atoms with E-state index >= 15 is 0 Å². The molecule has 0 fully saturated rings. The maximum absolute atomic E-state index is 12.3. The molecule has 0 spiro atoms. The lowest BCUT2D eigenvalue weighted by atomic mass is 9.81. The van der Waals surface area contributed by atoms with E-state index in [0.29, 0.717) is 5.82 Å². The summed E-state index contributed by atoms with van der Waals surface area (Å²) in [5.41, 5.74) is 6.47. The first-order valence-corrected chi connectivity index (χ1v) is 10.8. The fourth-order valence-electron chi connectivity index (χ4n) is 4.49. The number of benzene rings is 2. The summed E-state index contributed by atoms with van der Waals surface area (Å²) >= 11 is 0. The second kappa shape index (κ2) is 9.30. The van der Waals surface area contributed by atoms with Crippen molar-refractivity contribution < 1.29 is 4.79 Å². The number of Topliss-reactive ketones (excluding diaryl/α,β-unsaturated/α-hetero) is 1. The average Bonchev–Trinajstić information content (AvgIpc) is 3.31. The standard InChI is InChI=1S/C24H29N5O/c1-3-4-22(16(2)30)23(24-26-28-29-27-24)13-17-5-7-18(8-6-17)20-10-9-19-11-12-25-15-21(19)14-20/h5-10,14,22-23,25H,3-4,11-13,15H2,1-2H3,(H,26,27,28,29)/t22-,23+/m1/s1. The summed E-state index contributed by atoms with van der Waals surface area (Å²) in [6, 6.07) is 15.4. The Bertz CT molecular complexity index is 981. The van der Waals surface area contributed by atoms with Crippen molar-refractivity contribution in [2.75, 3.05) is 6.54 Å². The molecule has 0 saturated heterocycles. The lowest BCUT2D eigenvalue weighted by molar-refractivity contribution is -0.121. The number of carbonyl (C=O) groups is 1. The van der Waals surface area contributed by atoms with E-state index in [0.717, 1.165) is 38.8 Å². The maximum Gasteiger partial charge on any atom is 0.178 e. The minimum Gasteiger partial charge on any atom is -0.312 e. The van der Waals surface area contributed by atoms with Crippen LogP contribution in [0.3, 0.4) is 0 Å². The van der Waals surface area contributed by atoms with Gasteiger partial charge in [0.15, 0.2) is 5.82 Å². The van der Waals surface area contributed by atoms with Crippen LogP contribution in [0, 0.1) is 5.92 Å². The van der Waals surface area contributed by atoms with Gasteiger partial charge in [-0.05, 0) is 66.6 Å². The molecule has 1 aliphatic heterocycles. The van der Waals surface area contributed by atoms with E-state index in [4.69, 9.17) is 0 Å². The lowest BCUT2D eigenvalue weighted by Crippen LogP contribution is -2.23. The Morgan fingerprint density at radius 2 is 1.90 bits per heavy atom. The molecular weight excluding hydrogens is 374 g/mol. The van der Waals surface area contributed by atoms with E-state index in [1.54, 1.807) is 6.92 Å². The minimum absolute atomic E-state index is 0.0677. The third-order valence-electron chi connectivity index (χ3n) is 6.14. The molecule has 1 aliphatic rings. The van der Waals surface area contributed by atoms with E-state index < -0.39 is 0 Å². The highest BCUT2D eigenvalue weighted by atomic mass is 16.1. The molecule has 0 amide bonds. The van der Waals surface area contributed by atoms with Gasteiger partial charge in [0.2, 0.25) is 0 Å². The number of hydrogen-bond donors (Lipinski definition) is 2. The Hall–Kier alpha value is -2.86. The third kappa shape index (κ3) is 4.49. The molecule has 6 nitrogen and oxygen atoms in total. The molecule has 0 unspecified atom stereocenters. The van der Waals surface area contributed by atoms with Gasteiger partial charge in [0.25, 0.3) is 0 Å². The van der Waals surface area contributed by atoms with Gasteiger partial charge in [-0.2, -0.15) is 5.21 Å². The first kappa shape index (κ1) is 20.4. The summed E-state index contributed by atoms with van der Waals surface area (Å²) in [7, 11) is 0. The number of nitrogens with one attached hydrogen (secondary N) is 2. The summed E-state index contributed by atoms with van der Waals surface area (Å²) in [6.07, 6.45) is 3.60. The Labute approximate surface area is 177 Å². The van der Waals surface area contributed by atoms with Crippen LogP contribution in [0.4, 0.5) is 0 Å². The predicted molar refractivity (Wildman–Crippen MR) is 117 cm³/mol. The third-order valence-corrected chi connectivity index (χ3v) is 6.14. The largest absolute Gasteiger partial charge is 0.312 e. The van der Waals surface area contributed by atoms with Crippen LogP contribution >= 0.6 is 0 Å². The monoisotopic (exact) mass is 403 g/mol. The molecule has 3 aromatic rings. The second-order valence-electron chi connectivity index (χ2n) is 8.19. The summed E-state index contributed by atoms with van der Waals surface area (Å²) in [5, 5.41) is 18.1. The number of aromatic nitrogens is 4. The number of nitrogens with zero attached hydrogens (tertiary/aromatic N) is 3. The highest BCUT2D eigenvalue weighted by Crippen LogP contribution is 2.31. The molecule has 2 aromatic carbocycles. The number of fused-ring (bicyclic) bond motifs is 1. The average molecular weight is 404 g/mol. The number of rotatable bonds is 8. The van der Waals surface area contributed by atoms with Crippen molar-refractivity contribution in [2.24, 2.45) is 5.92 Å². The van der Waals surface area contributed by atoms with Gasteiger partial charge in [0.1, 0.15) is 5.78 Å². The number of aromatic amines is 1. The van der Waals surface area contributed by atoms with Crippen LogP contribution in [0.5, 0.6) is 0 Å². The quantitative estimate of drug-likeness (QED) is 0.597. The maximum atomic E-state index is 12.3. The summed E-state index contributed by atoms with van der Waals surface area (Å²) in [5.74, 6) is 0.642. The van der Waals surface area contributed by atoms with Crippen molar-refractivity contribution in [1.29, 1.82) is 0 Å². The zero-order valence-corrected chi connectivity index (χ0v) is 17.7. The van der Waals surface area contributed by atoms with Gasteiger partial charge in [-0.3, -0.25) is 4.79 Å². The van der Waals surface area contributed by atoms with E-state index in [9.17, 15) is 4.79 Å². The van der Waals surface area contributed by atoms with Crippen LogP contribution in [0.2, 0.25) is 0 Å². The summed E-state index contributed by atoms with van der Waals surface area (Å²) < 4.78 is 0. The molecule has 30 heavy (non-hydrogen) atoms. The Morgan fingerprint density at radius 3 is 2.60 bits per heavy atom. The van der Waals surface area contributed by atoms with Gasteiger partial charge in [0.05, 0.1) is 0 Å². The molecule has 156 valence electrons. The van der Waals surface area contributed by atoms with Gasteiger partial charge in [0, 0.05) is 18.4 Å². The molecule has 2 N–H and O–H groups in total. The number of carbonyl (C=O) groups excluding carboxylic acids is 1. The van der Waals surface area contributed by atoms with Crippen LogP contribution < -0.4 is 5.32 Å². The molecule has 2 heterocycles. The fraction of sp³-hybridized carbons (Fsp3) is 0.417. The molecule has 0 saturated carbocycles. The van der Waals surface area contributed by atoms with Crippen molar-refractivity contribution in [1.82, 2.24) is 25.9 Å². The zero-order valence-electron chi connectivity index (χ0n) is 17.7. The Balaban J connectivity index is 1.56. The smallest absolute Gasteiger partial charge is 0.178 e. The summed E-state index contributed by atoms with van der Waals surface area (Å²) in [6.45, 7) is 5.77. The van der Waals surface area contributed by atoms with E-state index in [1.165, 1.54) is 27.8 Å². The number of hydrogen-bond acceptors (Lipinski definition) is 5. The van der Waals surface area contributed by atoms with Crippen molar-refractivity contribution in [3.63, 3.8) is 0 Å². The summed E-state index contributed by atoms with van der Waals surface area (Å²) in [4.78, 5) is 12.3. The molecule has 0 bridgehead atoms. The molecule has 0 radical (unpaired) electrons. The first-order valence-electron chi connectivity index (χ1n) is 10.8. The normalized spacial score (nSPS) is 15.4. The highest BCUT2D eigenvalue weighted by Gasteiger charge is 2.29. The zero-order chi connectivity index (χ0) is 20.9. The fourth-order valence-corrected chi connectivity index (χ4v) is 4.49. The Kier molecular flexibility index (Phi) is 6.33. The lowest BCUT2D eigenvalue weighted by Gasteiger charge is -2.22. The molecule has 4 rings (SSSR count). The van der Waals surface area contributed by atoms with Crippen molar-refractivity contribution in [3.8, 4) is 11.1 Å². The number of ketones is 1.